The molecular formula is C22H23ClN4O2S. The lowest BCUT2D eigenvalue weighted by molar-refractivity contribution is -0.116. The van der Waals surface area contributed by atoms with Gasteiger partial charge in [-0.15, -0.1) is 0 Å². The molecule has 0 fully saturated rings. The van der Waals surface area contributed by atoms with E-state index in [1.807, 2.05) is 61.1 Å². The number of amides is 2. The number of halogens is 1. The Kier molecular flexibility index (Phi) is 7.18. The minimum absolute atomic E-state index is 0.0736. The highest BCUT2D eigenvalue weighted by atomic mass is 35.5. The second kappa shape index (κ2) is 9.82. The number of aryl methyl sites for hydroxylation is 1. The van der Waals surface area contributed by atoms with Crippen molar-refractivity contribution in [2.45, 2.75) is 19.0 Å². The number of hydrogen-bond acceptors (Lipinski definition) is 4. The van der Waals surface area contributed by atoms with Crippen LogP contribution in [0.4, 0.5) is 5.69 Å². The summed E-state index contributed by atoms with van der Waals surface area (Å²) in [6, 6.07) is 14.9. The third-order valence-electron chi connectivity index (χ3n) is 4.62. The molecule has 3 rings (SSSR count). The SMILES string of the molecule is CCN(CC(=O)Nc1cc(Cl)ccc1C)C(=O)c1cnc(SC)n1-c1ccccc1. The summed E-state index contributed by atoms with van der Waals surface area (Å²) in [7, 11) is 0. The van der Waals surface area contributed by atoms with Gasteiger partial charge in [-0.05, 0) is 49.9 Å². The van der Waals surface area contributed by atoms with Crippen LogP contribution in [0.1, 0.15) is 23.0 Å². The number of hydrogen-bond donors (Lipinski definition) is 1. The van der Waals surface area contributed by atoms with Crippen LogP contribution in [0, 0.1) is 6.92 Å². The Morgan fingerprint density at radius 2 is 1.93 bits per heavy atom. The molecular weight excluding hydrogens is 420 g/mol. The molecule has 0 saturated heterocycles. The number of anilines is 1. The number of benzene rings is 2. The summed E-state index contributed by atoms with van der Waals surface area (Å²) in [6.07, 6.45) is 3.47. The van der Waals surface area contributed by atoms with E-state index in [-0.39, 0.29) is 18.4 Å². The molecule has 6 nitrogen and oxygen atoms in total. The topological polar surface area (TPSA) is 67.2 Å². The number of likely N-dealkylation sites (N-methyl/N-ethyl adjacent to an activating group) is 1. The molecule has 2 amide bonds. The molecule has 156 valence electrons. The van der Waals surface area contributed by atoms with Crippen molar-refractivity contribution in [2.75, 3.05) is 24.7 Å². The Hall–Kier alpha value is -2.77. The second-order valence-electron chi connectivity index (χ2n) is 6.63. The van der Waals surface area contributed by atoms with Gasteiger partial charge in [0.15, 0.2) is 5.16 Å². The van der Waals surface area contributed by atoms with Crippen LogP contribution in [0.25, 0.3) is 5.69 Å². The lowest BCUT2D eigenvalue weighted by atomic mass is 10.2. The quantitative estimate of drug-likeness (QED) is 0.540. The molecule has 0 radical (unpaired) electrons. The fraction of sp³-hybridized carbons (Fsp3) is 0.227. The normalized spacial score (nSPS) is 10.7. The zero-order chi connectivity index (χ0) is 21.7. The first kappa shape index (κ1) is 21.9. The van der Waals surface area contributed by atoms with Crippen molar-refractivity contribution in [3.05, 3.63) is 71.0 Å². The van der Waals surface area contributed by atoms with Gasteiger partial charge in [-0.1, -0.05) is 47.6 Å². The molecule has 3 aromatic rings. The molecule has 0 unspecified atom stereocenters. The summed E-state index contributed by atoms with van der Waals surface area (Å²) < 4.78 is 1.81. The molecule has 1 aromatic heterocycles. The summed E-state index contributed by atoms with van der Waals surface area (Å²) in [6.45, 7) is 4.04. The predicted molar refractivity (Wildman–Crippen MR) is 122 cm³/mol. The number of nitrogens with zero attached hydrogens (tertiary/aromatic N) is 3. The Morgan fingerprint density at radius 3 is 2.60 bits per heavy atom. The van der Waals surface area contributed by atoms with E-state index in [1.54, 1.807) is 18.3 Å². The molecule has 2 aromatic carbocycles. The molecule has 0 aliphatic carbocycles. The van der Waals surface area contributed by atoms with Crippen molar-refractivity contribution in [3.63, 3.8) is 0 Å². The molecule has 30 heavy (non-hydrogen) atoms. The fourth-order valence-electron chi connectivity index (χ4n) is 3.04. The Labute approximate surface area is 185 Å². The number of imidazole rings is 1. The van der Waals surface area contributed by atoms with Gasteiger partial charge in [0.2, 0.25) is 5.91 Å². The molecule has 1 heterocycles. The van der Waals surface area contributed by atoms with Crippen LogP contribution in [-0.4, -0.2) is 45.6 Å². The maximum atomic E-state index is 13.3. The van der Waals surface area contributed by atoms with Crippen molar-refractivity contribution in [3.8, 4) is 5.69 Å². The highest BCUT2D eigenvalue weighted by molar-refractivity contribution is 7.98. The number of nitrogens with one attached hydrogen (secondary N) is 1. The van der Waals surface area contributed by atoms with Gasteiger partial charge in [-0.2, -0.15) is 0 Å². The number of para-hydroxylation sites is 1. The summed E-state index contributed by atoms with van der Waals surface area (Å²) in [5, 5.41) is 4.09. The first-order valence-corrected chi connectivity index (χ1v) is 11.1. The number of carbonyl (C=O) groups excluding carboxylic acids is 2. The van der Waals surface area contributed by atoms with E-state index < -0.39 is 0 Å². The van der Waals surface area contributed by atoms with E-state index in [0.717, 1.165) is 11.3 Å². The summed E-state index contributed by atoms with van der Waals surface area (Å²) in [4.78, 5) is 31.8. The minimum Gasteiger partial charge on any atom is -0.328 e. The zero-order valence-corrected chi connectivity index (χ0v) is 18.6. The highest BCUT2D eigenvalue weighted by Crippen LogP contribution is 2.23. The average Bonchev–Trinajstić information content (AvgIpc) is 3.19. The standard InChI is InChI=1S/C22H23ClN4O2S/c1-4-26(14-20(28)25-18-12-16(23)11-10-15(18)2)21(29)19-13-24-22(30-3)27(19)17-8-6-5-7-9-17/h5-13H,4,14H2,1-3H3,(H,25,28). The zero-order valence-electron chi connectivity index (χ0n) is 17.1. The van der Waals surface area contributed by atoms with Crippen molar-refractivity contribution in [1.29, 1.82) is 0 Å². The van der Waals surface area contributed by atoms with Crippen LogP contribution in [0.3, 0.4) is 0 Å². The van der Waals surface area contributed by atoms with Gasteiger partial charge in [0, 0.05) is 22.9 Å². The Balaban J connectivity index is 1.82. The van der Waals surface area contributed by atoms with E-state index in [0.29, 0.717) is 28.1 Å². The Bertz CT molecular complexity index is 1050. The second-order valence-corrected chi connectivity index (χ2v) is 7.84. The van der Waals surface area contributed by atoms with Crippen molar-refractivity contribution >= 4 is 40.9 Å². The molecule has 0 aliphatic heterocycles. The van der Waals surface area contributed by atoms with Gasteiger partial charge in [-0.3, -0.25) is 14.2 Å². The minimum atomic E-state index is -0.286. The van der Waals surface area contributed by atoms with Gasteiger partial charge in [-0.25, -0.2) is 4.98 Å². The summed E-state index contributed by atoms with van der Waals surface area (Å²) >= 11 is 7.48. The monoisotopic (exact) mass is 442 g/mol. The lowest BCUT2D eigenvalue weighted by Gasteiger charge is -2.21. The number of rotatable bonds is 7. The third-order valence-corrected chi connectivity index (χ3v) is 5.51. The maximum absolute atomic E-state index is 13.3. The number of thioether (sulfide) groups is 1. The molecule has 0 spiro atoms. The summed E-state index contributed by atoms with van der Waals surface area (Å²) in [5.41, 5.74) is 2.79. The van der Waals surface area contributed by atoms with Crippen LogP contribution in [0.15, 0.2) is 59.9 Å². The van der Waals surface area contributed by atoms with Gasteiger partial charge in [0.25, 0.3) is 5.91 Å². The lowest BCUT2D eigenvalue weighted by Crippen LogP contribution is -2.38. The largest absolute Gasteiger partial charge is 0.328 e. The van der Waals surface area contributed by atoms with E-state index in [4.69, 9.17) is 11.6 Å². The first-order chi connectivity index (χ1) is 14.4. The van der Waals surface area contributed by atoms with Crippen molar-refractivity contribution < 1.29 is 9.59 Å². The van der Waals surface area contributed by atoms with Crippen LogP contribution in [0.2, 0.25) is 5.02 Å². The molecule has 0 saturated carbocycles. The third kappa shape index (κ3) is 4.86. The van der Waals surface area contributed by atoms with E-state index in [1.165, 1.54) is 16.7 Å². The molecule has 0 atom stereocenters. The maximum Gasteiger partial charge on any atom is 0.272 e. The van der Waals surface area contributed by atoms with Gasteiger partial charge in [0.1, 0.15) is 12.2 Å². The fourth-order valence-corrected chi connectivity index (χ4v) is 3.75. The van der Waals surface area contributed by atoms with Gasteiger partial charge < -0.3 is 10.2 Å². The predicted octanol–water partition coefficient (Wildman–Crippen LogP) is 4.66. The van der Waals surface area contributed by atoms with E-state index >= 15 is 0 Å². The average molecular weight is 443 g/mol. The first-order valence-electron chi connectivity index (χ1n) is 9.47. The van der Waals surface area contributed by atoms with Gasteiger partial charge >= 0.3 is 0 Å². The highest BCUT2D eigenvalue weighted by Gasteiger charge is 2.24. The van der Waals surface area contributed by atoms with Crippen LogP contribution in [-0.2, 0) is 4.79 Å². The van der Waals surface area contributed by atoms with Crippen LogP contribution < -0.4 is 5.32 Å². The van der Waals surface area contributed by atoms with Crippen LogP contribution in [0.5, 0.6) is 0 Å². The molecule has 0 aliphatic rings. The molecule has 0 bridgehead atoms. The number of aromatic nitrogens is 2. The van der Waals surface area contributed by atoms with Gasteiger partial charge in [0.05, 0.1) is 6.20 Å². The smallest absolute Gasteiger partial charge is 0.272 e. The van der Waals surface area contributed by atoms with Crippen molar-refractivity contribution in [2.24, 2.45) is 0 Å². The molecule has 8 heteroatoms. The Morgan fingerprint density at radius 1 is 1.20 bits per heavy atom. The van der Waals surface area contributed by atoms with E-state index in [2.05, 4.69) is 10.3 Å². The number of carbonyl (C=O) groups is 2. The van der Waals surface area contributed by atoms with E-state index in [9.17, 15) is 9.59 Å². The molecule has 1 N–H and O–H groups in total. The van der Waals surface area contributed by atoms with Crippen molar-refractivity contribution in [1.82, 2.24) is 14.5 Å². The summed E-state index contributed by atoms with van der Waals surface area (Å²) in [5.74, 6) is -0.543. The van der Waals surface area contributed by atoms with Crippen LogP contribution >= 0.6 is 23.4 Å².